The van der Waals surface area contributed by atoms with Crippen LogP contribution in [0.25, 0.3) is 105 Å². The predicted octanol–water partition coefficient (Wildman–Crippen LogP) is 12.7. The molecule has 0 unspecified atom stereocenters. The van der Waals surface area contributed by atoms with E-state index in [1.54, 1.807) is 0 Å². The quantitative estimate of drug-likeness (QED) is 0.178. The van der Waals surface area contributed by atoms with Crippen LogP contribution in [0.5, 0.6) is 0 Å². The number of furan rings is 1. The predicted molar refractivity (Wildman–Crippen MR) is 228 cm³/mol. The molecule has 0 spiro atoms. The van der Waals surface area contributed by atoms with Gasteiger partial charge in [0, 0.05) is 66.6 Å². The zero-order valence-electron chi connectivity index (χ0n) is 30.0. The maximum Gasteiger partial charge on any atom is 0.168 e. The molecule has 0 radical (unpaired) electrons. The fourth-order valence-electron chi connectivity index (χ4n) is 8.69. The van der Waals surface area contributed by atoms with Gasteiger partial charge in [0.15, 0.2) is 11.6 Å². The van der Waals surface area contributed by atoms with Gasteiger partial charge in [0.25, 0.3) is 0 Å². The average molecular weight is 718 g/mol. The third-order valence-corrected chi connectivity index (χ3v) is 11.2. The molecule has 0 aliphatic rings. The van der Waals surface area contributed by atoms with Crippen LogP contribution in [0.4, 0.5) is 0 Å². The van der Waals surface area contributed by atoms with Crippen LogP contribution >= 0.6 is 0 Å². The Morgan fingerprint density at radius 3 is 1.59 bits per heavy atom. The highest BCUT2D eigenvalue weighted by atomic mass is 16.3. The molecule has 0 aliphatic heterocycles. The van der Waals surface area contributed by atoms with E-state index in [1.165, 1.54) is 16.2 Å². The summed E-state index contributed by atoms with van der Waals surface area (Å²) in [6, 6.07) is 66.2. The van der Waals surface area contributed by atoms with Gasteiger partial charge in [-0.3, -0.25) is 4.57 Å². The summed E-state index contributed by atoms with van der Waals surface area (Å²) < 4.78 is 13.3. The second-order valence-electron chi connectivity index (χ2n) is 14.3. The van der Waals surface area contributed by atoms with Crippen LogP contribution in [0.3, 0.4) is 0 Å². The molecular weight excluding hydrogens is 687 g/mol. The average Bonchev–Trinajstić information content (AvgIpc) is 4.03. The summed E-state index contributed by atoms with van der Waals surface area (Å²) >= 11 is 0. The highest BCUT2D eigenvalue weighted by Gasteiger charge is 2.21. The van der Waals surface area contributed by atoms with Gasteiger partial charge in [-0.05, 0) is 72.8 Å². The number of nitrogens with zero attached hydrogens (tertiary/aromatic N) is 5. The summed E-state index contributed by atoms with van der Waals surface area (Å²) in [4.78, 5) is 0. The van der Waals surface area contributed by atoms with Crippen molar-refractivity contribution >= 4 is 65.6 Å². The van der Waals surface area contributed by atoms with E-state index in [0.29, 0.717) is 0 Å². The molecule has 6 nitrogen and oxygen atoms in total. The Morgan fingerprint density at radius 2 is 0.857 bits per heavy atom. The van der Waals surface area contributed by atoms with Crippen LogP contribution in [-0.2, 0) is 0 Å². The molecule has 0 fully saturated rings. The summed E-state index contributed by atoms with van der Waals surface area (Å²) in [5, 5.41) is 16.6. The number of benzene rings is 8. The smallest absolute Gasteiger partial charge is 0.168 e. The largest absolute Gasteiger partial charge is 0.456 e. The van der Waals surface area contributed by atoms with Crippen molar-refractivity contribution in [2.24, 2.45) is 0 Å². The fraction of sp³-hybridized carbons (Fsp3) is 0. The van der Waals surface area contributed by atoms with E-state index in [-0.39, 0.29) is 0 Å². The molecular formula is C50H31N5O. The van der Waals surface area contributed by atoms with Crippen LogP contribution in [-0.4, -0.2) is 23.9 Å². The standard InChI is InChI=1S/C50H31N5O/c1-3-14-32(15-4-1)49-51-52-50(55(49)34-16-5-2-6-17-34)33-26-27-45-40(28-33)37-20-7-10-23-43(37)53(45)35-18-13-19-36(29-35)54-44-24-11-8-21-38(44)41-30-42-39-22-9-12-25-47(39)56-48(42)31-46(41)54/h1-31H. The van der Waals surface area contributed by atoms with Crippen LogP contribution in [0.15, 0.2) is 192 Å². The number of hydrogen-bond donors (Lipinski definition) is 0. The first kappa shape index (κ1) is 30.7. The van der Waals surface area contributed by atoms with Gasteiger partial charge in [0.05, 0.1) is 22.1 Å². The Labute approximate surface area is 320 Å². The monoisotopic (exact) mass is 717 g/mol. The van der Waals surface area contributed by atoms with E-state index < -0.39 is 0 Å². The lowest BCUT2D eigenvalue weighted by Gasteiger charge is -2.13. The van der Waals surface area contributed by atoms with Crippen LogP contribution in [0.1, 0.15) is 0 Å². The zero-order chi connectivity index (χ0) is 36.7. The third-order valence-electron chi connectivity index (χ3n) is 11.2. The van der Waals surface area contributed by atoms with Crippen molar-refractivity contribution in [3.63, 3.8) is 0 Å². The minimum Gasteiger partial charge on any atom is -0.456 e. The van der Waals surface area contributed by atoms with Crippen molar-refractivity contribution in [3.05, 3.63) is 188 Å². The van der Waals surface area contributed by atoms with Gasteiger partial charge >= 0.3 is 0 Å². The Hall–Kier alpha value is -7.70. The topological polar surface area (TPSA) is 53.7 Å². The van der Waals surface area contributed by atoms with Gasteiger partial charge in [-0.15, -0.1) is 10.2 Å². The van der Waals surface area contributed by atoms with Gasteiger partial charge in [0.2, 0.25) is 0 Å². The number of para-hydroxylation sites is 4. The maximum absolute atomic E-state index is 6.40. The summed E-state index contributed by atoms with van der Waals surface area (Å²) in [5.74, 6) is 1.60. The molecule has 0 saturated carbocycles. The van der Waals surface area contributed by atoms with Gasteiger partial charge in [-0.2, -0.15) is 0 Å². The number of aromatic nitrogens is 5. The molecule has 56 heavy (non-hydrogen) atoms. The Kier molecular flexibility index (Phi) is 6.53. The molecule has 12 rings (SSSR count). The fourth-order valence-corrected chi connectivity index (χ4v) is 8.69. The first-order valence-corrected chi connectivity index (χ1v) is 18.8. The molecule has 6 heteroatoms. The van der Waals surface area contributed by atoms with Gasteiger partial charge < -0.3 is 13.6 Å². The maximum atomic E-state index is 6.40. The van der Waals surface area contributed by atoms with Crippen molar-refractivity contribution in [2.75, 3.05) is 0 Å². The SMILES string of the molecule is c1ccc(-c2nnc(-c3ccc4c(c3)c3ccccc3n4-c3cccc(-n4c5ccccc5c5cc6c(cc54)oc4ccccc46)c3)n2-c2ccccc2)cc1. The Morgan fingerprint density at radius 1 is 0.304 bits per heavy atom. The first-order valence-electron chi connectivity index (χ1n) is 18.8. The highest BCUT2D eigenvalue weighted by Crippen LogP contribution is 2.40. The van der Waals surface area contributed by atoms with E-state index in [2.05, 4.69) is 165 Å². The molecule has 0 bridgehead atoms. The van der Waals surface area contributed by atoms with Gasteiger partial charge in [-0.25, -0.2) is 0 Å². The number of hydrogen-bond acceptors (Lipinski definition) is 3. The number of fused-ring (bicyclic) bond motifs is 9. The normalized spacial score (nSPS) is 11.9. The lowest BCUT2D eigenvalue weighted by atomic mass is 10.1. The molecule has 0 atom stereocenters. The zero-order valence-corrected chi connectivity index (χ0v) is 30.0. The minimum absolute atomic E-state index is 0.792. The van der Waals surface area contributed by atoms with Crippen molar-refractivity contribution < 1.29 is 4.42 Å². The van der Waals surface area contributed by atoms with Gasteiger partial charge in [0.1, 0.15) is 11.2 Å². The van der Waals surface area contributed by atoms with Crippen molar-refractivity contribution in [1.82, 2.24) is 23.9 Å². The van der Waals surface area contributed by atoms with E-state index in [1.807, 2.05) is 36.4 Å². The molecule has 4 aromatic heterocycles. The summed E-state index contributed by atoms with van der Waals surface area (Å²) in [5.41, 5.74) is 11.5. The molecule has 8 aromatic carbocycles. The van der Waals surface area contributed by atoms with Gasteiger partial charge in [-0.1, -0.05) is 109 Å². The van der Waals surface area contributed by atoms with E-state index in [4.69, 9.17) is 14.6 Å². The molecule has 0 N–H and O–H groups in total. The van der Waals surface area contributed by atoms with Crippen molar-refractivity contribution in [2.45, 2.75) is 0 Å². The molecule has 12 aromatic rings. The van der Waals surface area contributed by atoms with E-state index >= 15 is 0 Å². The number of rotatable bonds is 5. The van der Waals surface area contributed by atoms with Crippen LogP contribution < -0.4 is 0 Å². The Balaban J connectivity index is 1.05. The molecule has 0 aliphatic carbocycles. The highest BCUT2D eigenvalue weighted by molar-refractivity contribution is 6.17. The molecule has 0 saturated heterocycles. The first-order chi connectivity index (χ1) is 27.8. The third kappa shape index (κ3) is 4.50. The van der Waals surface area contributed by atoms with E-state index in [0.717, 1.165) is 89.2 Å². The molecule has 0 amide bonds. The van der Waals surface area contributed by atoms with Crippen molar-refractivity contribution in [1.29, 1.82) is 0 Å². The lowest BCUT2D eigenvalue weighted by molar-refractivity contribution is 0.669. The van der Waals surface area contributed by atoms with Crippen molar-refractivity contribution in [3.8, 4) is 39.8 Å². The molecule has 4 heterocycles. The van der Waals surface area contributed by atoms with Crippen LogP contribution in [0, 0.1) is 0 Å². The Bertz CT molecular complexity index is 3480. The van der Waals surface area contributed by atoms with E-state index in [9.17, 15) is 0 Å². The summed E-state index contributed by atoms with van der Waals surface area (Å²) in [7, 11) is 0. The lowest BCUT2D eigenvalue weighted by Crippen LogP contribution is -2.00. The second kappa shape index (κ2) is 11.9. The van der Waals surface area contributed by atoms with Crippen LogP contribution in [0.2, 0.25) is 0 Å². The molecule has 262 valence electrons. The second-order valence-corrected chi connectivity index (χ2v) is 14.3. The summed E-state index contributed by atoms with van der Waals surface area (Å²) in [6.07, 6.45) is 0. The minimum atomic E-state index is 0.792. The summed E-state index contributed by atoms with van der Waals surface area (Å²) in [6.45, 7) is 0.